The van der Waals surface area contributed by atoms with Gasteiger partial charge >= 0.3 is 0 Å². The first-order chi connectivity index (χ1) is 9.80. The predicted molar refractivity (Wildman–Crippen MR) is 76.1 cm³/mol. The normalized spacial score (nSPS) is 11.6. The van der Waals surface area contributed by atoms with Crippen LogP contribution in [0.3, 0.4) is 0 Å². The minimum atomic E-state index is -3.50. The fourth-order valence-corrected chi connectivity index (χ4v) is 2.39. The first-order valence-electron chi connectivity index (χ1n) is 5.82. The van der Waals surface area contributed by atoms with E-state index in [1.807, 2.05) is 0 Å². The third-order valence-corrected chi connectivity index (χ3v) is 4.44. The Bertz CT molecular complexity index is 751. The molecule has 1 aromatic carbocycles. The molecule has 0 fully saturated rings. The number of H-pyrrole nitrogens is 1. The predicted octanol–water partition coefficient (Wildman–Crippen LogP) is -0.110. The maximum absolute atomic E-state index is 11.9. The van der Waals surface area contributed by atoms with E-state index in [1.54, 1.807) is 0 Å². The van der Waals surface area contributed by atoms with E-state index < -0.39 is 15.9 Å². The molecule has 0 saturated carbocycles. The van der Waals surface area contributed by atoms with Crippen molar-refractivity contribution in [1.29, 1.82) is 0 Å². The van der Waals surface area contributed by atoms with E-state index in [4.69, 9.17) is 5.73 Å². The number of benzene rings is 1. The summed E-state index contributed by atoms with van der Waals surface area (Å²) in [4.78, 5) is 15.6. The number of aromatic amines is 1. The van der Waals surface area contributed by atoms with Gasteiger partial charge in [0.05, 0.1) is 4.90 Å². The summed E-state index contributed by atoms with van der Waals surface area (Å²) < 4.78 is 24.9. The summed E-state index contributed by atoms with van der Waals surface area (Å²) in [5.41, 5.74) is 5.72. The number of nitrogens with zero attached hydrogens (tertiary/aromatic N) is 3. The van der Waals surface area contributed by atoms with Crippen molar-refractivity contribution >= 4 is 27.6 Å². The molecular weight excluding hydrogens is 296 g/mol. The highest BCUT2D eigenvalue weighted by molar-refractivity contribution is 7.89. The van der Waals surface area contributed by atoms with Crippen LogP contribution in [-0.2, 0) is 10.0 Å². The van der Waals surface area contributed by atoms with Crippen LogP contribution >= 0.6 is 0 Å². The van der Waals surface area contributed by atoms with Gasteiger partial charge in [0.1, 0.15) is 0 Å². The third kappa shape index (κ3) is 3.17. The third-order valence-electron chi connectivity index (χ3n) is 2.61. The molecule has 112 valence electrons. The van der Waals surface area contributed by atoms with Crippen molar-refractivity contribution in [3.63, 3.8) is 0 Å². The number of hydrogen-bond acceptors (Lipinski definition) is 6. The number of nitrogen functional groups attached to an aromatic ring is 1. The lowest BCUT2D eigenvalue weighted by Gasteiger charge is -2.11. The van der Waals surface area contributed by atoms with Crippen molar-refractivity contribution < 1.29 is 13.2 Å². The lowest BCUT2D eigenvalue weighted by atomic mass is 10.3. The fourth-order valence-electron chi connectivity index (χ4n) is 1.49. The molecule has 0 atom stereocenters. The minimum absolute atomic E-state index is 0.0301. The van der Waals surface area contributed by atoms with Gasteiger partial charge in [-0.25, -0.2) is 12.7 Å². The summed E-state index contributed by atoms with van der Waals surface area (Å²) in [6, 6.07) is 5.77. The van der Waals surface area contributed by atoms with E-state index in [0.29, 0.717) is 5.69 Å². The van der Waals surface area contributed by atoms with Crippen LogP contribution in [-0.4, -0.2) is 47.9 Å². The second-order valence-electron chi connectivity index (χ2n) is 4.31. The van der Waals surface area contributed by atoms with Gasteiger partial charge in [0.25, 0.3) is 5.91 Å². The highest BCUT2D eigenvalue weighted by Crippen LogP contribution is 2.16. The lowest BCUT2D eigenvalue weighted by Crippen LogP contribution is -2.22. The van der Waals surface area contributed by atoms with Crippen LogP contribution in [0.2, 0.25) is 0 Å². The van der Waals surface area contributed by atoms with Crippen molar-refractivity contribution in [2.24, 2.45) is 0 Å². The molecule has 0 radical (unpaired) electrons. The molecule has 0 aliphatic carbocycles. The van der Waals surface area contributed by atoms with Crippen molar-refractivity contribution in [3.05, 3.63) is 30.1 Å². The zero-order chi connectivity index (χ0) is 15.6. The Morgan fingerprint density at radius 3 is 2.38 bits per heavy atom. The molecule has 1 heterocycles. The molecular formula is C11H14N6O3S. The molecule has 0 aliphatic rings. The topological polar surface area (TPSA) is 134 Å². The molecule has 0 saturated heterocycles. The fraction of sp³-hybridized carbons (Fsp3) is 0.182. The average molecular weight is 310 g/mol. The zero-order valence-corrected chi connectivity index (χ0v) is 12.2. The zero-order valence-electron chi connectivity index (χ0n) is 11.4. The number of nitrogens with one attached hydrogen (secondary N) is 2. The Kier molecular flexibility index (Phi) is 3.91. The molecule has 9 nitrogen and oxygen atoms in total. The van der Waals surface area contributed by atoms with Crippen LogP contribution < -0.4 is 11.1 Å². The highest BCUT2D eigenvalue weighted by atomic mass is 32.2. The molecule has 1 aromatic heterocycles. The lowest BCUT2D eigenvalue weighted by molar-refractivity contribution is 0.101. The molecule has 0 unspecified atom stereocenters. The molecule has 1 amide bonds. The quantitative estimate of drug-likeness (QED) is 0.721. The summed E-state index contributed by atoms with van der Waals surface area (Å²) in [5, 5.41) is 8.46. The van der Waals surface area contributed by atoms with E-state index in [9.17, 15) is 13.2 Å². The van der Waals surface area contributed by atoms with Gasteiger partial charge in [-0.2, -0.15) is 4.98 Å². The van der Waals surface area contributed by atoms with Crippen molar-refractivity contribution in [1.82, 2.24) is 19.5 Å². The van der Waals surface area contributed by atoms with Gasteiger partial charge in [0, 0.05) is 19.8 Å². The number of amides is 1. The molecule has 2 rings (SSSR count). The largest absolute Gasteiger partial charge is 0.366 e. The van der Waals surface area contributed by atoms with Gasteiger partial charge in [0.2, 0.25) is 21.8 Å². The Hall–Kier alpha value is -2.46. The molecule has 21 heavy (non-hydrogen) atoms. The molecule has 0 bridgehead atoms. The summed E-state index contributed by atoms with van der Waals surface area (Å²) in [7, 11) is -0.608. The molecule has 4 N–H and O–H groups in total. The maximum Gasteiger partial charge on any atom is 0.293 e. The monoisotopic (exact) mass is 310 g/mol. The number of rotatable bonds is 4. The van der Waals surface area contributed by atoms with E-state index in [1.165, 1.54) is 38.4 Å². The number of hydrogen-bond donors (Lipinski definition) is 3. The second kappa shape index (κ2) is 5.50. The minimum Gasteiger partial charge on any atom is -0.366 e. The number of carbonyl (C=O) groups is 1. The SMILES string of the molecule is CN(C)S(=O)(=O)c1ccc(NC(=O)c2nc(N)n[nH]2)cc1. The second-order valence-corrected chi connectivity index (χ2v) is 6.46. The standard InChI is InChI=1S/C11H14N6O3S/c1-17(2)21(19,20)8-5-3-7(4-6-8)13-10(18)9-14-11(12)16-15-9/h3-6H,1-2H3,(H,13,18)(H3,12,14,15,16). The Morgan fingerprint density at radius 1 is 1.29 bits per heavy atom. The number of sulfonamides is 1. The van der Waals surface area contributed by atoms with E-state index >= 15 is 0 Å². The average Bonchev–Trinajstić information content (AvgIpc) is 2.86. The van der Waals surface area contributed by atoms with Crippen LogP contribution in [0.15, 0.2) is 29.2 Å². The van der Waals surface area contributed by atoms with Crippen LogP contribution in [0.4, 0.5) is 11.6 Å². The molecule has 0 aliphatic heterocycles. The van der Waals surface area contributed by atoms with Gasteiger partial charge in [-0.3, -0.25) is 9.89 Å². The molecule has 0 spiro atoms. The Morgan fingerprint density at radius 2 is 1.90 bits per heavy atom. The van der Waals surface area contributed by atoms with Crippen molar-refractivity contribution in [2.75, 3.05) is 25.1 Å². The van der Waals surface area contributed by atoms with Gasteiger partial charge in [-0.15, -0.1) is 5.10 Å². The number of anilines is 2. The summed E-state index contributed by atoms with van der Waals surface area (Å²) in [6.07, 6.45) is 0. The van der Waals surface area contributed by atoms with Gasteiger partial charge < -0.3 is 11.1 Å². The molecule has 2 aromatic rings. The van der Waals surface area contributed by atoms with Gasteiger partial charge in [-0.1, -0.05) is 0 Å². The number of nitrogens with two attached hydrogens (primary N) is 1. The summed E-state index contributed by atoms with van der Waals surface area (Å²) in [6.45, 7) is 0. The van der Waals surface area contributed by atoms with Gasteiger partial charge in [0.15, 0.2) is 0 Å². The smallest absolute Gasteiger partial charge is 0.293 e. The molecule has 10 heteroatoms. The van der Waals surface area contributed by atoms with Crippen molar-refractivity contribution in [3.8, 4) is 0 Å². The van der Waals surface area contributed by atoms with E-state index in [-0.39, 0.29) is 16.7 Å². The van der Waals surface area contributed by atoms with Crippen LogP contribution in [0.25, 0.3) is 0 Å². The summed E-state index contributed by atoms with van der Waals surface area (Å²) in [5.74, 6) is -0.590. The Labute approximate surface area is 121 Å². The van der Waals surface area contributed by atoms with Crippen LogP contribution in [0.1, 0.15) is 10.6 Å². The van der Waals surface area contributed by atoms with E-state index in [0.717, 1.165) is 4.31 Å². The maximum atomic E-state index is 11.9. The summed E-state index contributed by atoms with van der Waals surface area (Å²) >= 11 is 0. The van der Waals surface area contributed by atoms with E-state index in [2.05, 4.69) is 20.5 Å². The Balaban J connectivity index is 2.15. The first-order valence-corrected chi connectivity index (χ1v) is 7.26. The van der Waals surface area contributed by atoms with Crippen LogP contribution in [0, 0.1) is 0 Å². The first kappa shape index (κ1) is 14.9. The number of aromatic nitrogens is 3. The van der Waals surface area contributed by atoms with Gasteiger partial charge in [-0.05, 0) is 24.3 Å². The highest BCUT2D eigenvalue weighted by Gasteiger charge is 2.17. The number of carbonyl (C=O) groups excluding carboxylic acids is 1. The van der Waals surface area contributed by atoms with Crippen molar-refractivity contribution in [2.45, 2.75) is 4.90 Å². The van der Waals surface area contributed by atoms with Crippen LogP contribution in [0.5, 0.6) is 0 Å².